The van der Waals surface area contributed by atoms with Crippen LogP contribution in [0.5, 0.6) is 0 Å². The predicted molar refractivity (Wildman–Crippen MR) is 105 cm³/mol. The van der Waals surface area contributed by atoms with Gasteiger partial charge in [0.2, 0.25) is 0 Å². The maximum Gasteiger partial charge on any atom is 0.340 e. The summed E-state index contributed by atoms with van der Waals surface area (Å²) in [7, 11) is 1.28. The Morgan fingerprint density at radius 2 is 1.86 bits per heavy atom. The second kappa shape index (κ2) is 10.3. The van der Waals surface area contributed by atoms with Gasteiger partial charge < -0.3 is 19.4 Å². The number of methoxy groups -OCH3 is 1. The largest absolute Gasteiger partial charge is 0.465 e. The lowest BCUT2D eigenvalue weighted by atomic mass is 10.1. The van der Waals surface area contributed by atoms with Crippen molar-refractivity contribution in [1.29, 1.82) is 0 Å². The number of imide groups is 1. The molecule has 9 heteroatoms. The summed E-state index contributed by atoms with van der Waals surface area (Å²) in [5.74, 6) is -1.50. The normalized spacial score (nSPS) is 10.6. The van der Waals surface area contributed by atoms with Crippen LogP contribution in [-0.4, -0.2) is 48.7 Å². The minimum atomic E-state index is -0.729. The van der Waals surface area contributed by atoms with Gasteiger partial charge in [0.25, 0.3) is 5.91 Å². The lowest BCUT2D eigenvalue weighted by Gasteiger charge is -2.09. The third kappa shape index (κ3) is 6.34. The van der Waals surface area contributed by atoms with Crippen molar-refractivity contribution >= 4 is 34.8 Å². The van der Waals surface area contributed by atoms with E-state index >= 15 is 0 Å². The molecule has 2 aromatic rings. The highest BCUT2D eigenvalue weighted by atomic mass is 16.5. The monoisotopic (exact) mass is 403 g/mol. The van der Waals surface area contributed by atoms with Gasteiger partial charge in [-0.1, -0.05) is 32.0 Å². The van der Waals surface area contributed by atoms with Crippen LogP contribution in [0, 0.1) is 5.92 Å². The van der Waals surface area contributed by atoms with Crippen LogP contribution in [0.15, 0.2) is 30.5 Å². The number of nitrogens with one attached hydrogen (secondary N) is 2. The summed E-state index contributed by atoms with van der Waals surface area (Å²) in [6.07, 6.45) is 2.29. The number of urea groups is 1. The third-order valence-corrected chi connectivity index (χ3v) is 4.12. The minimum absolute atomic E-state index is 0.203. The summed E-state index contributed by atoms with van der Waals surface area (Å²) in [4.78, 5) is 47.3. The Kier molecular flexibility index (Phi) is 7.76. The number of nitrogens with zero attached hydrogens (tertiary/aromatic N) is 1. The molecule has 0 fully saturated rings. The van der Waals surface area contributed by atoms with Crippen molar-refractivity contribution in [2.75, 3.05) is 20.3 Å². The molecule has 0 aliphatic rings. The topological polar surface area (TPSA) is 116 Å². The first-order valence-corrected chi connectivity index (χ1v) is 9.21. The fourth-order valence-corrected chi connectivity index (χ4v) is 2.66. The molecule has 0 saturated heterocycles. The van der Waals surface area contributed by atoms with E-state index in [2.05, 4.69) is 10.6 Å². The van der Waals surface area contributed by atoms with Crippen LogP contribution in [0.2, 0.25) is 0 Å². The molecule has 0 aliphatic carbocycles. The Bertz CT molecular complexity index is 903. The number of aromatic nitrogens is 1. The Morgan fingerprint density at radius 3 is 2.55 bits per heavy atom. The van der Waals surface area contributed by atoms with Gasteiger partial charge in [0.15, 0.2) is 6.61 Å². The van der Waals surface area contributed by atoms with E-state index in [0.29, 0.717) is 28.9 Å². The molecule has 2 rings (SSSR count). The lowest BCUT2D eigenvalue weighted by Crippen LogP contribution is -2.42. The first-order chi connectivity index (χ1) is 13.8. The molecule has 0 saturated carbocycles. The van der Waals surface area contributed by atoms with Crippen molar-refractivity contribution < 1.29 is 28.7 Å². The number of hydrogen-bond donors (Lipinski definition) is 2. The molecule has 9 nitrogen and oxygen atoms in total. The Morgan fingerprint density at radius 1 is 1.14 bits per heavy atom. The van der Waals surface area contributed by atoms with Gasteiger partial charge in [-0.2, -0.15) is 0 Å². The first-order valence-electron chi connectivity index (χ1n) is 9.21. The number of para-hydroxylation sites is 1. The second-order valence-electron chi connectivity index (χ2n) is 6.83. The molecule has 1 aromatic heterocycles. The van der Waals surface area contributed by atoms with Gasteiger partial charge in [0.1, 0.15) is 6.54 Å². The highest BCUT2D eigenvalue weighted by Gasteiger charge is 2.17. The summed E-state index contributed by atoms with van der Waals surface area (Å²) in [6, 6.07) is 6.41. The fourth-order valence-electron chi connectivity index (χ4n) is 2.66. The first kappa shape index (κ1) is 21.9. The van der Waals surface area contributed by atoms with E-state index in [9.17, 15) is 19.2 Å². The third-order valence-electron chi connectivity index (χ3n) is 4.12. The van der Waals surface area contributed by atoms with Crippen LogP contribution in [-0.2, 0) is 25.6 Å². The van der Waals surface area contributed by atoms with Crippen LogP contribution in [0.1, 0.15) is 30.6 Å². The fraction of sp³-hybridized carbons (Fsp3) is 0.400. The smallest absolute Gasteiger partial charge is 0.340 e. The molecule has 0 spiro atoms. The molecule has 2 N–H and O–H groups in total. The van der Waals surface area contributed by atoms with Crippen LogP contribution in [0.25, 0.3) is 10.9 Å². The molecule has 29 heavy (non-hydrogen) atoms. The number of ether oxygens (including phenoxy) is 2. The van der Waals surface area contributed by atoms with Gasteiger partial charge in [-0.05, 0) is 18.4 Å². The minimum Gasteiger partial charge on any atom is -0.465 e. The number of carbonyl (C=O) groups excluding carboxylic acids is 4. The molecule has 1 heterocycles. The highest BCUT2D eigenvalue weighted by Crippen LogP contribution is 2.22. The Balaban J connectivity index is 1.89. The van der Waals surface area contributed by atoms with Crippen molar-refractivity contribution in [2.45, 2.75) is 26.8 Å². The van der Waals surface area contributed by atoms with Crippen LogP contribution in [0.4, 0.5) is 4.79 Å². The van der Waals surface area contributed by atoms with Gasteiger partial charge in [-0.3, -0.25) is 14.9 Å². The lowest BCUT2D eigenvalue weighted by molar-refractivity contribution is -0.148. The molecule has 156 valence electrons. The van der Waals surface area contributed by atoms with Crippen molar-refractivity contribution in [3.63, 3.8) is 0 Å². The molecule has 0 unspecified atom stereocenters. The summed E-state index contributed by atoms with van der Waals surface area (Å²) < 4.78 is 11.2. The number of hydrogen-bond acceptors (Lipinski definition) is 6. The number of amides is 3. The van der Waals surface area contributed by atoms with Gasteiger partial charge >= 0.3 is 18.0 Å². The SMILES string of the molecule is COC(=O)c1cn(CC(=O)OCC(=O)NC(=O)NCCC(C)C)c2ccccc12. The maximum absolute atomic E-state index is 12.1. The standard InChI is InChI=1S/C20H25N3O6/c1-13(2)8-9-21-20(27)22-17(24)12-29-18(25)11-23-10-15(19(26)28-3)14-6-4-5-7-16(14)23/h4-7,10,13H,8-9,11-12H2,1-3H3,(H2,21,22,24,27). The van der Waals surface area contributed by atoms with E-state index in [-0.39, 0.29) is 6.54 Å². The molecule has 0 aliphatic heterocycles. The Labute approximate surface area is 168 Å². The zero-order valence-electron chi connectivity index (χ0n) is 16.7. The second-order valence-corrected chi connectivity index (χ2v) is 6.83. The predicted octanol–water partition coefficient (Wildman–Crippen LogP) is 1.84. The number of rotatable bonds is 8. The molecule has 3 amide bonds. The van der Waals surface area contributed by atoms with E-state index in [1.54, 1.807) is 28.8 Å². The molecule has 1 aromatic carbocycles. The summed E-state index contributed by atoms with van der Waals surface area (Å²) in [5.41, 5.74) is 0.977. The van der Waals surface area contributed by atoms with E-state index in [1.165, 1.54) is 13.3 Å². The highest BCUT2D eigenvalue weighted by molar-refractivity contribution is 6.04. The molecule has 0 radical (unpaired) electrons. The molecular formula is C20H25N3O6. The summed E-state index contributed by atoms with van der Waals surface area (Å²) in [6.45, 7) is 3.70. The number of benzene rings is 1. The maximum atomic E-state index is 12.1. The molecule has 0 bridgehead atoms. The van der Waals surface area contributed by atoms with Crippen molar-refractivity contribution in [2.24, 2.45) is 5.92 Å². The van der Waals surface area contributed by atoms with Gasteiger partial charge in [0.05, 0.1) is 12.7 Å². The van der Waals surface area contributed by atoms with E-state index in [1.807, 2.05) is 13.8 Å². The number of esters is 2. The average molecular weight is 403 g/mol. The van der Waals surface area contributed by atoms with Crippen LogP contribution in [0.3, 0.4) is 0 Å². The van der Waals surface area contributed by atoms with Crippen LogP contribution >= 0.6 is 0 Å². The van der Waals surface area contributed by atoms with Crippen molar-refractivity contribution in [3.8, 4) is 0 Å². The molecule has 0 atom stereocenters. The number of carbonyl (C=O) groups is 4. The van der Waals surface area contributed by atoms with Crippen LogP contribution < -0.4 is 10.6 Å². The van der Waals surface area contributed by atoms with Crippen molar-refractivity contribution in [3.05, 3.63) is 36.0 Å². The summed E-state index contributed by atoms with van der Waals surface area (Å²) >= 11 is 0. The summed E-state index contributed by atoms with van der Waals surface area (Å²) in [5, 5.41) is 5.29. The zero-order chi connectivity index (χ0) is 21.4. The van der Waals surface area contributed by atoms with Gasteiger partial charge in [-0.15, -0.1) is 0 Å². The average Bonchev–Trinajstić information content (AvgIpc) is 3.04. The van der Waals surface area contributed by atoms with Gasteiger partial charge in [-0.25, -0.2) is 9.59 Å². The van der Waals surface area contributed by atoms with E-state index in [4.69, 9.17) is 9.47 Å². The quantitative estimate of drug-likeness (QED) is 0.650. The zero-order valence-corrected chi connectivity index (χ0v) is 16.7. The van der Waals surface area contributed by atoms with E-state index < -0.39 is 30.5 Å². The van der Waals surface area contributed by atoms with Crippen molar-refractivity contribution in [1.82, 2.24) is 15.2 Å². The number of fused-ring (bicyclic) bond motifs is 1. The molecular weight excluding hydrogens is 378 g/mol. The van der Waals surface area contributed by atoms with E-state index in [0.717, 1.165) is 6.42 Å². The Hall–Kier alpha value is -3.36. The van der Waals surface area contributed by atoms with Gasteiger partial charge in [0, 0.05) is 23.6 Å².